The van der Waals surface area contributed by atoms with Crippen LogP contribution in [0.5, 0.6) is 0 Å². The molecule has 2 rings (SSSR count). The van der Waals surface area contributed by atoms with Crippen molar-refractivity contribution in [1.29, 1.82) is 0 Å². The first-order chi connectivity index (χ1) is 8.15. The van der Waals surface area contributed by atoms with Crippen LogP contribution in [0.25, 0.3) is 0 Å². The minimum absolute atomic E-state index is 0.420. The SMILES string of the molecule is CNCC(c1c(Br)nc(C)n1C)N1CCCC1. The quantitative estimate of drug-likeness (QED) is 0.921. The fourth-order valence-electron chi connectivity index (χ4n) is 2.59. The van der Waals surface area contributed by atoms with Crippen LogP contribution in [0.3, 0.4) is 0 Å². The summed E-state index contributed by atoms with van der Waals surface area (Å²) < 4.78 is 3.19. The minimum atomic E-state index is 0.420. The first kappa shape index (κ1) is 13.1. The molecule has 1 atom stereocenters. The van der Waals surface area contributed by atoms with Gasteiger partial charge in [0.2, 0.25) is 0 Å². The number of likely N-dealkylation sites (N-methyl/N-ethyl adjacent to an activating group) is 1. The maximum atomic E-state index is 4.51. The van der Waals surface area contributed by atoms with Crippen molar-refractivity contribution >= 4 is 15.9 Å². The van der Waals surface area contributed by atoms with Gasteiger partial charge in [0.1, 0.15) is 10.4 Å². The maximum absolute atomic E-state index is 4.51. The van der Waals surface area contributed by atoms with Gasteiger partial charge in [-0.1, -0.05) is 0 Å². The summed E-state index contributed by atoms with van der Waals surface area (Å²) >= 11 is 3.60. The Kier molecular flexibility index (Phi) is 4.22. The largest absolute Gasteiger partial charge is 0.333 e. The third-order valence-corrected chi connectivity index (χ3v) is 4.20. The third kappa shape index (κ3) is 2.56. The molecule has 1 aliphatic heterocycles. The smallest absolute Gasteiger partial charge is 0.129 e. The molecule has 1 N–H and O–H groups in total. The van der Waals surface area contributed by atoms with E-state index in [0.717, 1.165) is 17.0 Å². The number of nitrogens with one attached hydrogen (secondary N) is 1. The van der Waals surface area contributed by atoms with E-state index in [9.17, 15) is 0 Å². The highest BCUT2D eigenvalue weighted by Gasteiger charge is 2.27. The standard InChI is InChI=1S/C12H21BrN4/c1-9-15-12(13)11(16(9)3)10(8-14-2)17-6-4-5-7-17/h10,14H,4-8H2,1-3H3. The van der Waals surface area contributed by atoms with E-state index in [0.29, 0.717) is 6.04 Å². The van der Waals surface area contributed by atoms with Crippen LogP contribution in [0.2, 0.25) is 0 Å². The van der Waals surface area contributed by atoms with Gasteiger partial charge in [-0.15, -0.1) is 0 Å². The van der Waals surface area contributed by atoms with Crippen molar-refractivity contribution < 1.29 is 0 Å². The molecule has 0 aliphatic carbocycles. The highest BCUT2D eigenvalue weighted by molar-refractivity contribution is 9.10. The molecule has 0 amide bonds. The molecule has 0 saturated carbocycles. The van der Waals surface area contributed by atoms with Crippen LogP contribution in [0.4, 0.5) is 0 Å². The first-order valence-corrected chi connectivity index (χ1v) is 7.01. The molecule has 1 fully saturated rings. The normalized spacial score (nSPS) is 18.8. The van der Waals surface area contributed by atoms with Crippen molar-refractivity contribution in [3.63, 3.8) is 0 Å². The molecule has 0 aromatic carbocycles. The number of rotatable bonds is 4. The zero-order valence-corrected chi connectivity index (χ0v) is 12.4. The second-order valence-electron chi connectivity index (χ2n) is 4.71. The molecule has 0 bridgehead atoms. The fourth-order valence-corrected chi connectivity index (χ4v) is 3.38. The van der Waals surface area contributed by atoms with Crippen LogP contribution >= 0.6 is 15.9 Å². The Morgan fingerprint density at radius 1 is 1.41 bits per heavy atom. The lowest BCUT2D eigenvalue weighted by atomic mass is 10.2. The van der Waals surface area contributed by atoms with E-state index < -0.39 is 0 Å². The molecule has 0 spiro atoms. The molecule has 5 heteroatoms. The van der Waals surface area contributed by atoms with Crippen molar-refractivity contribution in [2.75, 3.05) is 26.7 Å². The maximum Gasteiger partial charge on any atom is 0.129 e. The molecule has 1 saturated heterocycles. The molecule has 1 aliphatic rings. The van der Waals surface area contributed by atoms with Crippen LogP contribution in [0.15, 0.2) is 4.60 Å². The molecule has 4 nitrogen and oxygen atoms in total. The Hall–Kier alpha value is -0.390. The Bertz CT molecular complexity index is 382. The number of hydrogen-bond donors (Lipinski definition) is 1. The first-order valence-electron chi connectivity index (χ1n) is 6.22. The number of aryl methyl sites for hydroxylation is 1. The zero-order valence-electron chi connectivity index (χ0n) is 10.8. The summed E-state index contributed by atoms with van der Waals surface area (Å²) in [5.74, 6) is 1.06. The summed E-state index contributed by atoms with van der Waals surface area (Å²) in [7, 11) is 4.11. The van der Waals surface area contributed by atoms with E-state index in [2.05, 4.69) is 49.7 Å². The van der Waals surface area contributed by atoms with Gasteiger partial charge in [-0.25, -0.2) is 4.98 Å². The third-order valence-electron chi connectivity index (χ3n) is 3.61. The summed E-state index contributed by atoms with van der Waals surface area (Å²) in [4.78, 5) is 7.06. The van der Waals surface area contributed by atoms with Gasteiger partial charge in [0.25, 0.3) is 0 Å². The van der Waals surface area contributed by atoms with E-state index in [1.54, 1.807) is 0 Å². The molecule has 1 unspecified atom stereocenters. The molecule has 17 heavy (non-hydrogen) atoms. The summed E-state index contributed by atoms with van der Waals surface area (Å²) in [5, 5.41) is 3.30. The van der Waals surface area contributed by atoms with Crippen molar-refractivity contribution in [3.8, 4) is 0 Å². The number of imidazole rings is 1. The van der Waals surface area contributed by atoms with Gasteiger partial charge < -0.3 is 9.88 Å². The van der Waals surface area contributed by atoms with Crippen LogP contribution in [0.1, 0.15) is 30.4 Å². The van der Waals surface area contributed by atoms with Gasteiger partial charge in [0.15, 0.2) is 0 Å². The van der Waals surface area contributed by atoms with Crippen molar-refractivity contribution in [1.82, 2.24) is 19.8 Å². The van der Waals surface area contributed by atoms with E-state index in [-0.39, 0.29) is 0 Å². The van der Waals surface area contributed by atoms with Crippen LogP contribution in [-0.4, -0.2) is 41.1 Å². The lowest BCUT2D eigenvalue weighted by molar-refractivity contribution is 0.233. The van der Waals surface area contributed by atoms with Gasteiger partial charge in [0.05, 0.1) is 11.7 Å². The Morgan fingerprint density at radius 2 is 2.06 bits per heavy atom. The summed E-state index contributed by atoms with van der Waals surface area (Å²) in [5.41, 5.74) is 1.29. The van der Waals surface area contributed by atoms with E-state index in [1.165, 1.54) is 31.6 Å². The molecule has 96 valence electrons. The lowest BCUT2D eigenvalue weighted by Crippen LogP contribution is -2.34. The van der Waals surface area contributed by atoms with E-state index in [4.69, 9.17) is 0 Å². The van der Waals surface area contributed by atoms with Gasteiger partial charge >= 0.3 is 0 Å². The van der Waals surface area contributed by atoms with Gasteiger partial charge in [-0.2, -0.15) is 0 Å². The van der Waals surface area contributed by atoms with Gasteiger partial charge in [0, 0.05) is 13.6 Å². The van der Waals surface area contributed by atoms with Gasteiger partial charge in [-0.3, -0.25) is 4.90 Å². The number of aromatic nitrogens is 2. The topological polar surface area (TPSA) is 33.1 Å². The highest BCUT2D eigenvalue weighted by atomic mass is 79.9. The number of hydrogen-bond acceptors (Lipinski definition) is 3. The average Bonchev–Trinajstić information content (AvgIpc) is 2.88. The second kappa shape index (κ2) is 5.50. The lowest BCUT2D eigenvalue weighted by Gasteiger charge is -2.28. The predicted molar refractivity (Wildman–Crippen MR) is 73.1 cm³/mol. The van der Waals surface area contributed by atoms with Crippen LogP contribution in [-0.2, 0) is 7.05 Å². The summed E-state index contributed by atoms with van der Waals surface area (Å²) in [6, 6.07) is 0.420. The molecule has 1 aromatic heterocycles. The summed E-state index contributed by atoms with van der Waals surface area (Å²) in [6.07, 6.45) is 2.63. The van der Waals surface area contributed by atoms with E-state index >= 15 is 0 Å². The van der Waals surface area contributed by atoms with Crippen molar-refractivity contribution in [2.24, 2.45) is 7.05 Å². The number of likely N-dealkylation sites (tertiary alicyclic amines) is 1. The van der Waals surface area contributed by atoms with Crippen molar-refractivity contribution in [2.45, 2.75) is 25.8 Å². The predicted octanol–water partition coefficient (Wildman–Crippen LogP) is 1.85. The minimum Gasteiger partial charge on any atom is -0.333 e. The Balaban J connectivity index is 2.30. The van der Waals surface area contributed by atoms with Gasteiger partial charge in [-0.05, 0) is 55.8 Å². The zero-order chi connectivity index (χ0) is 12.4. The van der Waals surface area contributed by atoms with E-state index in [1.807, 2.05) is 7.05 Å². The molecular weight excluding hydrogens is 280 g/mol. The number of halogens is 1. The monoisotopic (exact) mass is 300 g/mol. The fraction of sp³-hybridized carbons (Fsp3) is 0.750. The average molecular weight is 301 g/mol. The van der Waals surface area contributed by atoms with Crippen molar-refractivity contribution in [3.05, 3.63) is 16.1 Å². The molecule has 1 aromatic rings. The van der Waals surface area contributed by atoms with Crippen LogP contribution < -0.4 is 5.32 Å². The molecule has 0 radical (unpaired) electrons. The second-order valence-corrected chi connectivity index (χ2v) is 5.46. The molecule has 2 heterocycles. The highest BCUT2D eigenvalue weighted by Crippen LogP contribution is 2.30. The Labute approximate surface area is 112 Å². The molecular formula is C12H21BrN4. The number of nitrogens with zero attached hydrogens (tertiary/aromatic N) is 3. The van der Waals surface area contributed by atoms with Crippen LogP contribution in [0, 0.1) is 6.92 Å². The Morgan fingerprint density at radius 3 is 2.53 bits per heavy atom. The summed E-state index contributed by atoms with van der Waals surface area (Å²) in [6.45, 7) is 5.41.